The molecule has 39 heavy (non-hydrogen) atoms. The molecule has 1 aliphatic rings. The molecule has 1 aliphatic heterocycles. The standard InChI is InChI=1S/C29H26N2O7S/c1-5-38-18-11-12-19-22(15-18)39-29(30-19)31-24(17-13-20(35-2)27(37-4)21(14-17)36-3)23(26(33)28(31)34)25(32)16-9-7-6-8-10-16/h6-15,24,32H,5H2,1-4H3/b25-23+/t24-/m1/s1. The number of carbonyl (C=O) groups excluding carboxylic acids is 2. The maximum absolute atomic E-state index is 13.6. The van der Waals surface area contributed by atoms with Crippen molar-refractivity contribution in [1.29, 1.82) is 0 Å². The molecule has 10 heteroatoms. The molecule has 1 saturated heterocycles. The third-order valence-corrected chi connectivity index (χ3v) is 7.38. The van der Waals surface area contributed by atoms with Gasteiger partial charge in [0.15, 0.2) is 16.6 Å². The number of aliphatic hydroxyl groups excluding tert-OH is 1. The summed E-state index contributed by atoms with van der Waals surface area (Å²) >= 11 is 1.25. The van der Waals surface area contributed by atoms with Gasteiger partial charge in [-0.05, 0) is 42.8 Å². The second-order valence-corrected chi connectivity index (χ2v) is 9.56. The van der Waals surface area contributed by atoms with E-state index in [9.17, 15) is 14.7 Å². The summed E-state index contributed by atoms with van der Waals surface area (Å²) in [7, 11) is 4.44. The summed E-state index contributed by atoms with van der Waals surface area (Å²) < 4.78 is 22.9. The van der Waals surface area contributed by atoms with E-state index in [-0.39, 0.29) is 11.3 Å². The van der Waals surface area contributed by atoms with Gasteiger partial charge in [0.1, 0.15) is 11.5 Å². The number of anilines is 1. The molecule has 1 N–H and O–H groups in total. The van der Waals surface area contributed by atoms with Gasteiger partial charge in [0.2, 0.25) is 5.75 Å². The number of amides is 1. The monoisotopic (exact) mass is 546 g/mol. The van der Waals surface area contributed by atoms with Crippen molar-refractivity contribution in [3.63, 3.8) is 0 Å². The minimum Gasteiger partial charge on any atom is -0.507 e. The highest BCUT2D eigenvalue weighted by atomic mass is 32.1. The Kier molecular flexibility index (Phi) is 7.12. The summed E-state index contributed by atoms with van der Waals surface area (Å²) in [6, 6.07) is 16.3. The number of rotatable bonds is 8. The maximum Gasteiger partial charge on any atom is 0.301 e. The van der Waals surface area contributed by atoms with Gasteiger partial charge in [0, 0.05) is 5.56 Å². The lowest BCUT2D eigenvalue weighted by molar-refractivity contribution is -0.132. The van der Waals surface area contributed by atoms with Crippen LogP contribution in [0.15, 0.2) is 66.2 Å². The van der Waals surface area contributed by atoms with E-state index in [4.69, 9.17) is 18.9 Å². The van der Waals surface area contributed by atoms with Crippen LogP contribution in [0.5, 0.6) is 23.0 Å². The molecule has 3 aromatic carbocycles. The molecule has 2 heterocycles. The van der Waals surface area contributed by atoms with Crippen molar-refractivity contribution < 1.29 is 33.6 Å². The van der Waals surface area contributed by atoms with Gasteiger partial charge < -0.3 is 24.1 Å². The zero-order valence-electron chi connectivity index (χ0n) is 21.8. The fourth-order valence-electron chi connectivity index (χ4n) is 4.61. The third kappa shape index (κ3) is 4.52. The number of aliphatic hydroxyl groups is 1. The van der Waals surface area contributed by atoms with Crippen molar-refractivity contribution >= 4 is 44.1 Å². The van der Waals surface area contributed by atoms with Gasteiger partial charge in [-0.1, -0.05) is 41.7 Å². The third-order valence-electron chi connectivity index (χ3n) is 6.36. The summed E-state index contributed by atoms with van der Waals surface area (Å²) in [5.74, 6) is -0.236. The van der Waals surface area contributed by atoms with Crippen molar-refractivity contribution in [3.8, 4) is 23.0 Å². The molecule has 1 atom stereocenters. The first-order valence-electron chi connectivity index (χ1n) is 12.1. The van der Waals surface area contributed by atoms with Crippen molar-refractivity contribution in [1.82, 2.24) is 4.98 Å². The first kappa shape index (κ1) is 26.1. The number of hydrogen-bond donors (Lipinski definition) is 1. The van der Waals surface area contributed by atoms with E-state index >= 15 is 0 Å². The quantitative estimate of drug-likeness (QED) is 0.179. The number of hydrogen-bond acceptors (Lipinski definition) is 9. The Labute approximate surface area is 228 Å². The van der Waals surface area contributed by atoms with Crippen molar-refractivity contribution in [2.24, 2.45) is 0 Å². The Morgan fingerprint density at radius 2 is 1.67 bits per heavy atom. The number of benzene rings is 3. The highest BCUT2D eigenvalue weighted by molar-refractivity contribution is 7.22. The average molecular weight is 547 g/mol. The molecular weight excluding hydrogens is 520 g/mol. The maximum atomic E-state index is 13.6. The van der Waals surface area contributed by atoms with Crippen molar-refractivity contribution in [3.05, 3.63) is 77.4 Å². The number of methoxy groups -OCH3 is 3. The SMILES string of the molecule is CCOc1ccc2nc(N3C(=O)C(=O)/C(=C(/O)c4ccccc4)[C@H]3c3cc(OC)c(OC)c(OC)c3)sc2c1. The molecule has 200 valence electrons. The van der Waals surface area contributed by atoms with Gasteiger partial charge >= 0.3 is 5.91 Å². The molecule has 1 fully saturated rings. The molecule has 4 aromatic rings. The number of nitrogens with zero attached hydrogens (tertiary/aromatic N) is 2. The van der Waals surface area contributed by atoms with E-state index < -0.39 is 17.7 Å². The highest BCUT2D eigenvalue weighted by Gasteiger charge is 2.48. The van der Waals surface area contributed by atoms with Gasteiger partial charge in [-0.2, -0.15) is 0 Å². The number of ketones is 1. The topological polar surface area (TPSA) is 107 Å². The van der Waals surface area contributed by atoms with Gasteiger partial charge in [-0.15, -0.1) is 0 Å². The second kappa shape index (κ2) is 10.7. The van der Waals surface area contributed by atoms with Crippen LogP contribution in [0.25, 0.3) is 16.0 Å². The Morgan fingerprint density at radius 1 is 0.974 bits per heavy atom. The zero-order valence-corrected chi connectivity index (χ0v) is 22.6. The van der Waals surface area contributed by atoms with Gasteiger partial charge in [0.25, 0.3) is 5.78 Å². The molecule has 0 saturated carbocycles. The predicted molar refractivity (Wildman–Crippen MR) is 148 cm³/mol. The van der Waals surface area contributed by atoms with Crippen LogP contribution in [-0.4, -0.2) is 49.7 Å². The minimum atomic E-state index is -1.02. The lowest BCUT2D eigenvalue weighted by Gasteiger charge is -2.24. The summed E-state index contributed by atoms with van der Waals surface area (Å²) in [6.45, 7) is 2.40. The lowest BCUT2D eigenvalue weighted by atomic mass is 9.95. The van der Waals surface area contributed by atoms with Gasteiger partial charge in [0.05, 0.1) is 49.8 Å². The number of aromatic nitrogens is 1. The van der Waals surface area contributed by atoms with Crippen LogP contribution in [0, 0.1) is 0 Å². The summed E-state index contributed by atoms with van der Waals surface area (Å²) in [6.07, 6.45) is 0. The fourth-order valence-corrected chi connectivity index (χ4v) is 5.63. The molecule has 5 rings (SSSR count). The number of fused-ring (bicyclic) bond motifs is 1. The first-order valence-corrected chi connectivity index (χ1v) is 12.9. The van der Waals surface area contributed by atoms with E-state index in [2.05, 4.69) is 4.98 Å². The van der Waals surface area contributed by atoms with Crippen LogP contribution in [0.3, 0.4) is 0 Å². The van der Waals surface area contributed by atoms with Crippen molar-refractivity contribution in [2.45, 2.75) is 13.0 Å². The first-order chi connectivity index (χ1) is 18.9. The normalized spacial score (nSPS) is 16.5. The Hall–Kier alpha value is -4.57. The average Bonchev–Trinajstić information content (AvgIpc) is 3.49. The molecule has 0 aliphatic carbocycles. The van der Waals surface area contributed by atoms with E-state index in [1.807, 2.05) is 13.0 Å². The Bertz CT molecular complexity index is 1570. The number of Topliss-reactive ketones (excluding diaryl/α,β-unsaturated/α-hetero) is 1. The smallest absolute Gasteiger partial charge is 0.301 e. The van der Waals surface area contributed by atoms with Crippen LogP contribution < -0.4 is 23.8 Å². The van der Waals surface area contributed by atoms with Gasteiger partial charge in [-0.3, -0.25) is 14.5 Å². The number of thiazole rings is 1. The van der Waals surface area contributed by atoms with Crippen molar-refractivity contribution in [2.75, 3.05) is 32.8 Å². The molecule has 0 radical (unpaired) electrons. The van der Waals surface area contributed by atoms with E-state index in [1.165, 1.54) is 37.6 Å². The zero-order chi connectivity index (χ0) is 27.7. The Morgan fingerprint density at radius 3 is 2.28 bits per heavy atom. The summed E-state index contributed by atoms with van der Waals surface area (Å²) in [5.41, 5.74) is 1.44. The molecule has 0 unspecified atom stereocenters. The molecule has 9 nitrogen and oxygen atoms in total. The predicted octanol–water partition coefficient (Wildman–Crippen LogP) is 5.35. The Balaban J connectivity index is 1.75. The molecular formula is C29H26N2O7S. The lowest BCUT2D eigenvalue weighted by Crippen LogP contribution is -2.29. The molecule has 1 amide bonds. The van der Waals surface area contributed by atoms with Crippen LogP contribution in [-0.2, 0) is 9.59 Å². The van der Waals surface area contributed by atoms with E-state index in [1.54, 1.807) is 54.6 Å². The van der Waals surface area contributed by atoms with Crippen LogP contribution in [0.4, 0.5) is 5.13 Å². The summed E-state index contributed by atoms with van der Waals surface area (Å²) in [4.78, 5) is 33.1. The van der Waals surface area contributed by atoms with Crippen LogP contribution in [0.1, 0.15) is 24.1 Å². The molecule has 0 spiro atoms. The minimum absolute atomic E-state index is 0.0743. The number of ether oxygens (including phenoxy) is 4. The van der Waals surface area contributed by atoms with E-state index in [0.717, 1.165) is 4.70 Å². The molecule has 1 aromatic heterocycles. The largest absolute Gasteiger partial charge is 0.507 e. The van der Waals surface area contributed by atoms with Crippen LogP contribution >= 0.6 is 11.3 Å². The highest BCUT2D eigenvalue weighted by Crippen LogP contribution is 2.48. The molecule has 0 bridgehead atoms. The number of carbonyl (C=O) groups is 2. The van der Waals surface area contributed by atoms with E-state index in [0.29, 0.717) is 51.4 Å². The second-order valence-electron chi connectivity index (χ2n) is 8.55. The van der Waals surface area contributed by atoms with Crippen LogP contribution in [0.2, 0.25) is 0 Å². The van der Waals surface area contributed by atoms with Gasteiger partial charge in [-0.25, -0.2) is 4.98 Å². The fraction of sp³-hybridized carbons (Fsp3) is 0.207. The summed E-state index contributed by atoms with van der Waals surface area (Å²) in [5, 5.41) is 11.7.